The van der Waals surface area contributed by atoms with Gasteiger partial charge in [-0.2, -0.15) is 0 Å². The van der Waals surface area contributed by atoms with Gasteiger partial charge in [0.05, 0.1) is 6.10 Å². The molecule has 2 atom stereocenters. The summed E-state index contributed by atoms with van der Waals surface area (Å²) < 4.78 is 5.64. The van der Waals surface area contributed by atoms with Crippen LogP contribution in [0.5, 0.6) is 0 Å². The third-order valence-corrected chi connectivity index (χ3v) is 4.10. The lowest BCUT2D eigenvalue weighted by Gasteiger charge is -2.15. The molecule has 1 aromatic rings. The van der Waals surface area contributed by atoms with Crippen LogP contribution < -0.4 is 5.73 Å². The smallest absolute Gasteiger partial charge is 0.0576 e. The molecule has 1 fully saturated rings. The lowest BCUT2D eigenvalue weighted by Crippen LogP contribution is -2.12. The molecular formula is C17H27NO. The van der Waals surface area contributed by atoms with Gasteiger partial charge in [-0.25, -0.2) is 0 Å². The molecule has 1 aliphatic heterocycles. The summed E-state index contributed by atoms with van der Waals surface area (Å²) in [5.41, 5.74) is 8.91. The van der Waals surface area contributed by atoms with Gasteiger partial charge in [-0.3, -0.25) is 0 Å². The maximum Gasteiger partial charge on any atom is 0.0576 e. The highest BCUT2D eigenvalue weighted by molar-refractivity contribution is 5.26. The number of hydrogen-bond donors (Lipinski definition) is 1. The average molecular weight is 261 g/mol. The van der Waals surface area contributed by atoms with Crippen LogP contribution in [0.1, 0.15) is 69.0 Å². The summed E-state index contributed by atoms with van der Waals surface area (Å²) in [7, 11) is 0. The minimum atomic E-state index is 0.169. The fraction of sp³-hybridized carbons (Fsp3) is 0.647. The lowest BCUT2D eigenvalue weighted by atomic mass is 9.96. The Bertz CT molecular complexity index is 365. The maximum atomic E-state index is 6.27. The zero-order chi connectivity index (χ0) is 13.7. The highest BCUT2D eigenvalue weighted by Crippen LogP contribution is 2.23. The van der Waals surface area contributed by atoms with Crippen molar-refractivity contribution in [2.45, 2.75) is 64.0 Å². The van der Waals surface area contributed by atoms with Crippen LogP contribution in [0.15, 0.2) is 24.3 Å². The van der Waals surface area contributed by atoms with Crippen LogP contribution in [0.3, 0.4) is 0 Å². The Hall–Kier alpha value is -0.860. The number of benzene rings is 1. The normalized spacial score (nSPS) is 20.9. The molecule has 1 aliphatic rings. The first-order valence-corrected chi connectivity index (χ1v) is 7.64. The van der Waals surface area contributed by atoms with Crippen molar-refractivity contribution in [3.8, 4) is 0 Å². The molecule has 0 aromatic heterocycles. The summed E-state index contributed by atoms with van der Waals surface area (Å²) in [6.45, 7) is 5.39. The third-order valence-electron chi connectivity index (χ3n) is 4.10. The van der Waals surface area contributed by atoms with Gasteiger partial charge in [0.15, 0.2) is 0 Å². The molecule has 1 aromatic carbocycles. The van der Waals surface area contributed by atoms with E-state index in [1.165, 1.54) is 24.0 Å². The number of rotatable bonds is 6. The topological polar surface area (TPSA) is 35.2 Å². The minimum absolute atomic E-state index is 0.169. The van der Waals surface area contributed by atoms with Crippen LogP contribution in [0.2, 0.25) is 0 Å². The molecule has 0 spiro atoms. The number of nitrogens with two attached hydrogens (primary N) is 1. The second kappa shape index (κ2) is 7.06. The van der Waals surface area contributed by atoms with Crippen molar-refractivity contribution in [3.05, 3.63) is 35.4 Å². The molecule has 0 radical (unpaired) electrons. The van der Waals surface area contributed by atoms with Gasteiger partial charge in [0.1, 0.15) is 0 Å². The monoisotopic (exact) mass is 261 g/mol. The predicted octanol–water partition coefficient (Wildman–Crippen LogP) is 4.16. The first-order valence-electron chi connectivity index (χ1n) is 7.64. The van der Waals surface area contributed by atoms with Crippen molar-refractivity contribution in [1.82, 2.24) is 0 Å². The first kappa shape index (κ1) is 14.5. The highest BCUT2D eigenvalue weighted by atomic mass is 16.5. The van der Waals surface area contributed by atoms with E-state index < -0.39 is 0 Å². The van der Waals surface area contributed by atoms with Crippen molar-refractivity contribution in [3.63, 3.8) is 0 Å². The van der Waals surface area contributed by atoms with E-state index in [0.717, 1.165) is 25.9 Å². The van der Waals surface area contributed by atoms with Crippen molar-refractivity contribution in [1.29, 1.82) is 0 Å². The molecule has 0 bridgehead atoms. The summed E-state index contributed by atoms with van der Waals surface area (Å²) in [5.74, 6) is 0.588. The van der Waals surface area contributed by atoms with E-state index in [0.29, 0.717) is 12.0 Å². The van der Waals surface area contributed by atoms with E-state index in [1.807, 2.05) is 0 Å². The summed E-state index contributed by atoms with van der Waals surface area (Å²) in [6, 6.07) is 8.96. The van der Waals surface area contributed by atoms with Crippen LogP contribution >= 0.6 is 0 Å². The summed E-state index contributed by atoms with van der Waals surface area (Å²) in [5, 5.41) is 0. The fourth-order valence-corrected chi connectivity index (χ4v) is 2.73. The second-order valence-electron chi connectivity index (χ2n) is 5.99. The molecule has 0 amide bonds. The number of ether oxygens (including phenoxy) is 1. The summed E-state index contributed by atoms with van der Waals surface area (Å²) in [6.07, 6.45) is 6.35. The first-order chi connectivity index (χ1) is 9.16. The van der Waals surface area contributed by atoms with Gasteiger partial charge in [-0.15, -0.1) is 0 Å². The Morgan fingerprint density at radius 2 is 1.89 bits per heavy atom. The molecular weight excluding hydrogens is 234 g/mol. The molecule has 2 N–H and O–H groups in total. The summed E-state index contributed by atoms with van der Waals surface area (Å²) in [4.78, 5) is 0. The van der Waals surface area contributed by atoms with Crippen LogP contribution in [0.25, 0.3) is 0 Å². The van der Waals surface area contributed by atoms with Gasteiger partial charge in [-0.1, -0.05) is 38.1 Å². The fourth-order valence-electron chi connectivity index (χ4n) is 2.73. The van der Waals surface area contributed by atoms with Crippen molar-refractivity contribution < 1.29 is 4.74 Å². The molecule has 19 heavy (non-hydrogen) atoms. The molecule has 1 saturated heterocycles. The van der Waals surface area contributed by atoms with Crippen molar-refractivity contribution in [2.75, 3.05) is 6.61 Å². The molecule has 2 rings (SSSR count). The lowest BCUT2D eigenvalue weighted by molar-refractivity contribution is 0.101. The second-order valence-corrected chi connectivity index (χ2v) is 5.99. The molecule has 106 valence electrons. The van der Waals surface area contributed by atoms with Gasteiger partial charge in [0.25, 0.3) is 0 Å². The van der Waals surface area contributed by atoms with E-state index in [1.54, 1.807) is 0 Å². The molecule has 2 heteroatoms. The van der Waals surface area contributed by atoms with Crippen molar-refractivity contribution in [2.24, 2.45) is 5.73 Å². The van der Waals surface area contributed by atoms with Crippen LogP contribution in [-0.2, 0) is 4.74 Å². The maximum absolute atomic E-state index is 6.27. The summed E-state index contributed by atoms with van der Waals surface area (Å²) >= 11 is 0. The Morgan fingerprint density at radius 3 is 2.47 bits per heavy atom. The SMILES string of the molecule is CC(C)c1ccc(C(N)CCCC2CCCO2)cc1. The quantitative estimate of drug-likeness (QED) is 0.834. The zero-order valence-electron chi connectivity index (χ0n) is 12.3. The van der Waals surface area contributed by atoms with Crippen LogP contribution in [-0.4, -0.2) is 12.7 Å². The van der Waals surface area contributed by atoms with E-state index >= 15 is 0 Å². The van der Waals surface area contributed by atoms with Gasteiger partial charge in [0, 0.05) is 12.6 Å². The molecule has 2 unspecified atom stereocenters. The van der Waals surface area contributed by atoms with E-state index in [4.69, 9.17) is 10.5 Å². The molecule has 0 aliphatic carbocycles. The standard InChI is InChI=1S/C17H27NO/c1-13(2)14-8-10-15(11-9-14)17(18)7-3-5-16-6-4-12-19-16/h8-11,13,16-17H,3-7,12,18H2,1-2H3. The number of hydrogen-bond acceptors (Lipinski definition) is 2. The largest absolute Gasteiger partial charge is 0.378 e. The van der Waals surface area contributed by atoms with Crippen molar-refractivity contribution >= 4 is 0 Å². The van der Waals surface area contributed by atoms with Gasteiger partial charge < -0.3 is 10.5 Å². The van der Waals surface area contributed by atoms with E-state index in [9.17, 15) is 0 Å². The average Bonchev–Trinajstić information content (AvgIpc) is 2.92. The van der Waals surface area contributed by atoms with E-state index in [-0.39, 0.29) is 6.04 Å². The minimum Gasteiger partial charge on any atom is -0.378 e. The predicted molar refractivity (Wildman–Crippen MR) is 80.3 cm³/mol. The third kappa shape index (κ3) is 4.32. The van der Waals surface area contributed by atoms with Gasteiger partial charge >= 0.3 is 0 Å². The van der Waals surface area contributed by atoms with Gasteiger partial charge in [-0.05, 0) is 49.1 Å². The Labute approximate surface area is 117 Å². The van der Waals surface area contributed by atoms with E-state index in [2.05, 4.69) is 38.1 Å². The van der Waals surface area contributed by atoms with Gasteiger partial charge in [0.2, 0.25) is 0 Å². The highest BCUT2D eigenvalue weighted by Gasteiger charge is 2.15. The molecule has 2 nitrogen and oxygen atoms in total. The zero-order valence-corrected chi connectivity index (χ0v) is 12.3. The Balaban J connectivity index is 1.76. The Kier molecular flexibility index (Phi) is 5.41. The molecule has 0 saturated carbocycles. The molecule has 1 heterocycles. The van der Waals surface area contributed by atoms with Crippen LogP contribution in [0, 0.1) is 0 Å². The Morgan fingerprint density at radius 1 is 1.21 bits per heavy atom. The van der Waals surface area contributed by atoms with Crippen LogP contribution in [0.4, 0.5) is 0 Å².